The summed E-state index contributed by atoms with van der Waals surface area (Å²) >= 11 is 0. The van der Waals surface area contributed by atoms with Crippen molar-refractivity contribution in [2.45, 2.75) is 44.9 Å². The van der Waals surface area contributed by atoms with E-state index in [1.54, 1.807) is 0 Å². The van der Waals surface area contributed by atoms with Crippen LogP contribution < -0.4 is 0 Å². The first-order chi connectivity index (χ1) is 8.22. The Morgan fingerprint density at radius 3 is 3.24 bits per heavy atom. The van der Waals surface area contributed by atoms with Gasteiger partial charge in [-0.25, -0.2) is 0 Å². The molecule has 3 heteroatoms. The number of hydrogen-bond donors (Lipinski definition) is 0. The van der Waals surface area contributed by atoms with Crippen molar-refractivity contribution in [3.8, 4) is 0 Å². The van der Waals surface area contributed by atoms with E-state index in [9.17, 15) is 0 Å². The van der Waals surface area contributed by atoms with E-state index in [-0.39, 0.29) is 5.54 Å². The Labute approximate surface area is 103 Å². The lowest BCUT2D eigenvalue weighted by atomic mass is 9.93. The number of ether oxygens (including phenoxy) is 1. The highest BCUT2D eigenvalue weighted by Crippen LogP contribution is 2.45. The van der Waals surface area contributed by atoms with E-state index in [0.717, 1.165) is 13.2 Å². The maximum atomic E-state index is 5.91. The Morgan fingerprint density at radius 1 is 1.53 bits per heavy atom. The maximum absolute atomic E-state index is 5.91. The topological polar surface area (TPSA) is 25.4 Å². The molecule has 1 unspecified atom stereocenters. The van der Waals surface area contributed by atoms with Gasteiger partial charge >= 0.3 is 0 Å². The average molecular weight is 232 g/mol. The van der Waals surface area contributed by atoms with Crippen LogP contribution in [-0.4, -0.2) is 29.1 Å². The lowest BCUT2D eigenvalue weighted by molar-refractivity contribution is -0.0109. The maximum Gasteiger partial charge on any atom is 0.0876 e. The Balaban J connectivity index is 1.94. The zero-order valence-corrected chi connectivity index (χ0v) is 10.6. The van der Waals surface area contributed by atoms with Crippen molar-refractivity contribution >= 4 is 0 Å². The molecule has 1 atom stereocenters. The van der Waals surface area contributed by atoms with Crippen molar-refractivity contribution in [2.24, 2.45) is 0 Å². The summed E-state index contributed by atoms with van der Waals surface area (Å²) in [6.07, 6.45) is 4.65. The van der Waals surface area contributed by atoms with Crippen LogP contribution in [0.15, 0.2) is 18.3 Å². The minimum absolute atomic E-state index is 0.0703. The zero-order chi connectivity index (χ0) is 11.9. The van der Waals surface area contributed by atoms with Gasteiger partial charge in [-0.05, 0) is 44.9 Å². The second-order valence-electron chi connectivity index (χ2n) is 5.43. The van der Waals surface area contributed by atoms with E-state index in [1.165, 1.54) is 30.6 Å². The largest absolute Gasteiger partial charge is 0.376 e. The Hall–Kier alpha value is -0.930. The van der Waals surface area contributed by atoms with Gasteiger partial charge in [0.25, 0.3) is 0 Å². The SMILES string of the molecule is CC(C)OCC12CCCN1Cc1cccnc12. The first kappa shape index (κ1) is 11.2. The quantitative estimate of drug-likeness (QED) is 0.799. The highest BCUT2D eigenvalue weighted by atomic mass is 16.5. The van der Waals surface area contributed by atoms with Gasteiger partial charge < -0.3 is 4.74 Å². The summed E-state index contributed by atoms with van der Waals surface area (Å²) in [4.78, 5) is 7.18. The predicted octanol–water partition coefficient (Wildman–Crippen LogP) is 2.31. The van der Waals surface area contributed by atoms with Crippen LogP contribution >= 0.6 is 0 Å². The van der Waals surface area contributed by atoms with Crippen molar-refractivity contribution in [1.82, 2.24) is 9.88 Å². The second kappa shape index (κ2) is 4.07. The number of hydrogen-bond acceptors (Lipinski definition) is 3. The molecule has 3 heterocycles. The van der Waals surface area contributed by atoms with Gasteiger partial charge in [-0.1, -0.05) is 6.07 Å². The molecule has 0 spiro atoms. The molecule has 0 aromatic carbocycles. The average Bonchev–Trinajstić information content (AvgIpc) is 2.82. The molecule has 0 N–H and O–H groups in total. The third-order valence-corrected chi connectivity index (χ3v) is 3.97. The van der Waals surface area contributed by atoms with E-state index in [0.29, 0.717) is 6.10 Å². The van der Waals surface area contributed by atoms with Gasteiger partial charge in [0.1, 0.15) is 0 Å². The van der Waals surface area contributed by atoms with E-state index in [4.69, 9.17) is 4.74 Å². The fourth-order valence-corrected chi connectivity index (χ4v) is 3.16. The summed E-state index contributed by atoms with van der Waals surface area (Å²) in [6.45, 7) is 7.21. The molecular formula is C14H20N2O. The summed E-state index contributed by atoms with van der Waals surface area (Å²) in [5.74, 6) is 0. The van der Waals surface area contributed by atoms with E-state index >= 15 is 0 Å². The summed E-state index contributed by atoms with van der Waals surface area (Å²) in [5.41, 5.74) is 2.72. The van der Waals surface area contributed by atoms with Gasteiger partial charge in [0, 0.05) is 12.7 Å². The molecule has 0 radical (unpaired) electrons. The fraction of sp³-hybridized carbons (Fsp3) is 0.643. The molecule has 2 aliphatic rings. The van der Waals surface area contributed by atoms with Crippen molar-refractivity contribution in [2.75, 3.05) is 13.2 Å². The number of rotatable bonds is 3. The Morgan fingerprint density at radius 2 is 2.41 bits per heavy atom. The number of fused-ring (bicyclic) bond motifs is 3. The standard InChI is InChI=1S/C14H20N2O/c1-11(2)17-10-14-6-4-8-16(14)9-12-5-3-7-15-13(12)14/h3,5,7,11H,4,6,8-10H2,1-2H3. The molecule has 2 aliphatic heterocycles. The van der Waals surface area contributed by atoms with Gasteiger partial charge in [-0.2, -0.15) is 0 Å². The lowest BCUT2D eigenvalue weighted by Crippen LogP contribution is -2.41. The van der Waals surface area contributed by atoms with Crippen molar-refractivity contribution in [1.29, 1.82) is 0 Å². The van der Waals surface area contributed by atoms with Crippen LogP contribution in [0.2, 0.25) is 0 Å². The van der Waals surface area contributed by atoms with Crippen LogP contribution in [0, 0.1) is 0 Å². The van der Waals surface area contributed by atoms with Crippen LogP contribution in [0.25, 0.3) is 0 Å². The summed E-state index contributed by atoms with van der Waals surface area (Å²) < 4.78 is 5.91. The van der Waals surface area contributed by atoms with Crippen molar-refractivity contribution < 1.29 is 4.74 Å². The van der Waals surface area contributed by atoms with Gasteiger partial charge in [-0.15, -0.1) is 0 Å². The van der Waals surface area contributed by atoms with Gasteiger partial charge in [-0.3, -0.25) is 9.88 Å². The van der Waals surface area contributed by atoms with Crippen LogP contribution in [0.1, 0.15) is 37.9 Å². The second-order valence-corrected chi connectivity index (χ2v) is 5.43. The number of pyridine rings is 1. The molecule has 17 heavy (non-hydrogen) atoms. The monoisotopic (exact) mass is 232 g/mol. The van der Waals surface area contributed by atoms with Crippen molar-refractivity contribution in [3.63, 3.8) is 0 Å². The Bertz CT molecular complexity index is 418. The molecule has 92 valence electrons. The predicted molar refractivity (Wildman–Crippen MR) is 66.6 cm³/mol. The molecule has 3 nitrogen and oxygen atoms in total. The Kier molecular flexibility index (Phi) is 2.68. The first-order valence-corrected chi connectivity index (χ1v) is 6.53. The molecule has 1 aromatic heterocycles. The minimum atomic E-state index is 0.0703. The van der Waals surface area contributed by atoms with Gasteiger partial charge in [0.05, 0.1) is 23.9 Å². The summed E-state index contributed by atoms with van der Waals surface area (Å²) in [6, 6.07) is 4.25. The van der Waals surface area contributed by atoms with E-state index in [1.807, 2.05) is 12.3 Å². The third-order valence-electron chi connectivity index (χ3n) is 3.97. The highest BCUT2D eigenvalue weighted by molar-refractivity contribution is 5.34. The molecule has 0 amide bonds. The smallest absolute Gasteiger partial charge is 0.0876 e. The van der Waals surface area contributed by atoms with Gasteiger partial charge in [0.15, 0.2) is 0 Å². The molecule has 0 saturated carbocycles. The first-order valence-electron chi connectivity index (χ1n) is 6.53. The fourth-order valence-electron chi connectivity index (χ4n) is 3.16. The van der Waals surface area contributed by atoms with E-state index < -0.39 is 0 Å². The van der Waals surface area contributed by atoms with Crippen LogP contribution in [0.5, 0.6) is 0 Å². The van der Waals surface area contributed by atoms with Crippen LogP contribution in [0.3, 0.4) is 0 Å². The van der Waals surface area contributed by atoms with Crippen LogP contribution in [0.4, 0.5) is 0 Å². The molecule has 0 aliphatic carbocycles. The van der Waals surface area contributed by atoms with E-state index in [2.05, 4.69) is 29.8 Å². The highest BCUT2D eigenvalue weighted by Gasteiger charge is 2.49. The molecule has 3 rings (SSSR count). The molecule has 0 bridgehead atoms. The van der Waals surface area contributed by atoms with Crippen molar-refractivity contribution in [3.05, 3.63) is 29.6 Å². The summed E-state index contributed by atoms with van der Waals surface area (Å²) in [5, 5.41) is 0. The molecule has 1 saturated heterocycles. The molecule has 1 aromatic rings. The molecule has 1 fully saturated rings. The van der Waals surface area contributed by atoms with Crippen LogP contribution in [-0.2, 0) is 16.8 Å². The summed E-state index contributed by atoms with van der Waals surface area (Å²) in [7, 11) is 0. The third kappa shape index (κ3) is 1.69. The van der Waals surface area contributed by atoms with Gasteiger partial charge in [0.2, 0.25) is 0 Å². The zero-order valence-electron chi connectivity index (χ0n) is 10.6. The minimum Gasteiger partial charge on any atom is -0.376 e. The number of nitrogens with zero attached hydrogens (tertiary/aromatic N) is 2. The normalized spacial score (nSPS) is 27.5. The molecular weight excluding hydrogens is 212 g/mol. The lowest BCUT2D eigenvalue weighted by Gasteiger charge is -2.32. The number of aromatic nitrogens is 1.